The zero-order valence-corrected chi connectivity index (χ0v) is 10.5. The van der Waals surface area contributed by atoms with Gasteiger partial charge in [-0.15, -0.1) is 10.2 Å². The first-order chi connectivity index (χ1) is 6.74. The van der Waals surface area contributed by atoms with Crippen LogP contribution in [0.15, 0.2) is 24.3 Å². The van der Waals surface area contributed by atoms with Gasteiger partial charge >= 0.3 is 0 Å². The standard InChI is InChI=1S/C9H8IN3S/c1-6-12-13-9(14-6)11-8-4-2-3-7(10)5-8/h2-5H,1H3,(H,11,13). The van der Waals surface area contributed by atoms with Gasteiger partial charge in [0.25, 0.3) is 0 Å². The second-order valence-corrected chi connectivity index (χ2v) is 5.19. The summed E-state index contributed by atoms with van der Waals surface area (Å²) in [6.07, 6.45) is 0. The van der Waals surface area contributed by atoms with E-state index in [0.29, 0.717) is 0 Å². The van der Waals surface area contributed by atoms with Gasteiger partial charge in [-0.25, -0.2) is 0 Å². The molecule has 1 aromatic heterocycles. The minimum absolute atomic E-state index is 0.838. The largest absolute Gasteiger partial charge is 0.330 e. The van der Waals surface area contributed by atoms with Crippen LogP contribution >= 0.6 is 33.9 Å². The molecule has 0 fully saturated rings. The normalized spacial score (nSPS) is 10.1. The van der Waals surface area contributed by atoms with Gasteiger partial charge in [-0.05, 0) is 47.7 Å². The monoisotopic (exact) mass is 317 g/mol. The molecule has 0 aliphatic carbocycles. The molecule has 3 nitrogen and oxygen atoms in total. The smallest absolute Gasteiger partial charge is 0.210 e. The van der Waals surface area contributed by atoms with Crippen molar-refractivity contribution in [1.29, 1.82) is 0 Å². The maximum absolute atomic E-state index is 4.00. The van der Waals surface area contributed by atoms with E-state index in [1.54, 1.807) is 11.3 Å². The predicted octanol–water partition coefficient (Wildman–Crippen LogP) is 3.19. The van der Waals surface area contributed by atoms with Crippen molar-refractivity contribution in [2.24, 2.45) is 0 Å². The van der Waals surface area contributed by atoms with E-state index in [9.17, 15) is 0 Å². The molecule has 0 aliphatic heterocycles. The minimum Gasteiger partial charge on any atom is -0.330 e. The molecule has 0 saturated heterocycles. The highest BCUT2D eigenvalue weighted by Crippen LogP contribution is 2.21. The van der Waals surface area contributed by atoms with E-state index in [1.807, 2.05) is 19.1 Å². The molecule has 2 aromatic rings. The predicted molar refractivity (Wildman–Crippen MR) is 67.1 cm³/mol. The van der Waals surface area contributed by atoms with Crippen LogP contribution in [0.2, 0.25) is 0 Å². The molecular weight excluding hydrogens is 309 g/mol. The summed E-state index contributed by atoms with van der Waals surface area (Å²) in [5.41, 5.74) is 1.05. The molecule has 0 aliphatic rings. The minimum atomic E-state index is 0.838. The van der Waals surface area contributed by atoms with Gasteiger partial charge in [0, 0.05) is 9.26 Å². The van der Waals surface area contributed by atoms with Crippen molar-refractivity contribution in [2.45, 2.75) is 6.92 Å². The van der Waals surface area contributed by atoms with Crippen LogP contribution in [0, 0.1) is 10.5 Å². The lowest BCUT2D eigenvalue weighted by molar-refractivity contribution is 1.05. The first-order valence-corrected chi connectivity index (χ1v) is 5.96. The third kappa shape index (κ3) is 2.42. The first kappa shape index (κ1) is 9.85. The second-order valence-electron chi connectivity index (χ2n) is 2.76. The SMILES string of the molecule is Cc1nnc(Nc2cccc(I)c2)s1. The summed E-state index contributed by atoms with van der Waals surface area (Å²) in [6.45, 7) is 1.94. The molecule has 1 N–H and O–H groups in total. The number of aromatic nitrogens is 2. The number of nitrogens with zero attached hydrogens (tertiary/aromatic N) is 2. The molecule has 5 heteroatoms. The molecule has 14 heavy (non-hydrogen) atoms. The lowest BCUT2D eigenvalue weighted by Crippen LogP contribution is -1.89. The number of rotatable bonds is 2. The maximum Gasteiger partial charge on any atom is 0.210 e. The lowest BCUT2D eigenvalue weighted by Gasteiger charge is -2.01. The van der Waals surface area contributed by atoms with Gasteiger partial charge in [0.1, 0.15) is 5.01 Å². The van der Waals surface area contributed by atoms with E-state index in [0.717, 1.165) is 15.8 Å². The number of nitrogens with one attached hydrogen (secondary N) is 1. The number of hydrogen-bond donors (Lipinski definition) is 1. The number of aryl methyl sites for hydroxylation is 1. The van der Waals surface area contributed by atoms with Gasteiger partial charge in [0.05, 0.1) is 0 Å². The first-order valence-electron chi connectivity index (χ1n) is 4.07. The van der Waals surface area contributed by atoms with Crippen molar-refractivity contribution in [3.05, 3.63) is 32.8 Å². The Balaban J connectivity index is 2.18. The topological polar surface area (TPSA) is 37.8 Å². The lowest BCUT2D eigenvalue weighted by atomic mass is 10.3. The van der Waals surface area contributed by atoms with E-state index in [1.165, 1.54) is 3.57 Å². The molecule has 0 saturated carbocycles. The van der Waals surface area contributed by atoms with Crippen molar-refractivity contribution < 1.29 is 0 Å². The summed E-state index contributed by atoms with van der Waals surface area (Å²) < 4.78 is 1.20. The molecule has 1 heterocycles. The van der Waals surface area contributed by atoms with Gasteiger partial charge in [-0.2, -0.15) is 0 Å². The van der Waals surface area contributed by atoms with Crippen LogP contribution in [0.5, 0.6) is 0 Å². The number of halogens is 1. The highest BCUT2D eigenvalue weighted by molar-refractivity contribution is 14.1. The zero-order chi connectivity index (χ0) is 9.97. The Labute approximate surface area is 99.7 Å². The summed E-state index contributed by atoms with van der Waals surface area (Å²) in [6, 6.07) is 8.14. The Bertz CT molecular complexity index is 441. The fourth-order valence-electron chi connectivity index (χ4n) is 1.04. The average Bonchev–Trinajstić information content (AvgIpc) is 2.51. The summed E-state index contributed by atoms with van der Waals surface area (Å²) in [4.78, 5) is 0. The second kappa shape index (κ2) is 4.22. The summed E-state index contributed by atoms with van der Waals surface area (Å²) in [7, 11) is 0. The van der Waals surface area contributed by atoms with E-state index in [-0.39, 0.29) is 0 Å². The third-order valence-corrected chi connectivity index (χ3v) is 3.03. The quantitative estimate of drug-likeness (QED) is 0.865. The van der Waals surface area contributed by atoms with E-state index in [4.69, 9.17) is 0 Å². The van der Waals surface area contributed by atoms with E-state index >= 15 is 0 Å². The Kier molecular flexibility index (Phi) is 2.97. The van der Waals surface area contributed by atoms with Gasteiger partial charge in [0.2, 0.25) is 5.13 Å². The van der Waals surface area contributed by atoms with Crippen LogP contribution in [-0.4, -0.2) is 10.2 Å². The molecule has 0 bridgehead atoms. The van der Waals surface area contributed by atoms with Gasteiger partial charge in [-0.1, -0.05) is 17.4 Å². The molecule has 1 aromatic carbocycles. The van der Waals surface area contributed by atoms with Gasteiger partial charge in [-0.3, -0.25) is 0 Å². The van der Waals surface area contributed by atoms with Crippen LogP contribution in [0.1, 0.15) is 5.01 Å². The molecule has 0 amide bonds. The highest BCUT2D eigenvalue weighted by atomic mass is 127. The van der Waals surface area contributed by atoms with Crippen LogP contribution in [0.25, 0.3) is 0 Å². The fraction of sp³-hybridized carbons (Fsp3) is 0.111. The molecular formula is C9H8IN3S. The maximum atomic E-state index is 4.00. The molecule has 0 radical (unpaired) electrons. The number of benzene rings is 1. The summed E-state index contributed by atoms with van der Waals surface area (Å²) in [5.74, 6) is 0. The Morgan fingerprint density at radius 3 is 2.86 bits per heavy atom. The van der Waals surface area contributed by atoms with Gasteiger partial charge < -0.3 is 5.32 Å². The Morgan fingerprint density at radius 2 is 2.21 bits per heavy atom. The summed E-state index contributed by atoms with van der Waals surface area (Å²) in [5, 5.41) is 12.9. The van der Waals surface area contributed by atoms with Crippen molar-refractivity contribution in [3.63, 3.8) is 0 Å². The fourth-order valence-corrected chi connectivity index (χ4v) is 2.19. The molecule has 0 atom stereocenters. The van der Waals surface area contributed by atoms with Crippen molar-refractivity contribution in [1.82, 2.24) is 10.2 Å². The van der Waals surface area contributed by atoms with Crippen LogP contribution < -0.4 is 5.32 Å². The molecule has 72 valence electrons. The third-order valence-electron chi connectivity index (χ3n) is 1.60. The van der Waals surface area contributed by atoms with Crippen molar-refractivity contribution >= 4 is 44.7 Å². The van der Waals surface area contributed by atoms with Crippen molar-refractivity contribution in [2.75, 3.05) is 5.32 Å². The van der Waals surface area contributed by atoms with Gasteiger partial charge in [0.15, 0.2) is 0 Å². The number of hydrogen-bond acceptors (Lipinski definition) is 4. The van der Waals surface area contributed by atoms with Crippen LogP contribution in [-0.2, 0) is 0 Å². The molecule has 2 rings (SSSR count). The molecule has 0 spiro atoms. The summed E-state index contributed by atoms with van der Waals surface area (Å²) >= 11 is 3.83. The van der Waals surface area contributed by atoms with E-state index in [2.05, 4.69) is 50.2 Å². The Hall–Kier alpha value is -0.690. The number of anilines is 2. The average molecular weight is 317 g/mol. The highest BCUT2D eigenvalue weighted by Gasteiger charge is 2.00. The molecule has 0 unspecified atom stereocenters. The van der Waals surface area contributed by atoms with E-state index < -0.39 is 0 Å². The van der Waals surface area contributed by atoms with Crippen molar-refractivity contribution in [3.8, 4) is 0 Å². The van der Waals surface area contributed by atoms with Crippen LogP contribution in [0.3, 0.4) is 0 Å². The Morgan fingerprint density at radius 1 is 1.36 bits per heavy atom. The zero-order valence-electron chi connectivity index (χ0n) is 7.49. The van der Waals surface area contributed by atoms with Crippen LogP contribution in [0.4, 0.5) is 10.8 Å².